The molecule has 2 aliphatic heterocycles. The first-order valence-electron chi connectivity index (χ1n) is 12.6. The van der Waals surface area contributed by atoms with Crippen LogP contribution in [-0.2, 0) is 15.7 Å². The first-order chi connectivity index (χ1) is 17.8. The minimum atomic E-state index is -4.82. The molecule has 4 rings (SSSR count). The summed E-state index contributed by atoms with van der Waals surface area (Å²) in [6.45, 7) is 3.86. The van der Waals surface area contributed by atoms with Crippen LogP contribution >= 0.6 is 12.2 Å². The summed E-state index contributed by atoms with van der Waals surface area (Å²) in [4.78, 5) is 19.8. The summed E-state index contributed by atoms with van der Waals surface area (Å²) in [7, 11) is 0. The van der Waals surface area contributed by atoms with Crippen molar-refractivity contribution in [1.82, 2.24) is 15.2 Å². The molecule has 1 aromatic heterocycles. The van der Waals surface area contributed by atoms with Gasteiger partial charge in [-0.05, 0) is 77.2 Å². The largest absolute Gasteiger partial charge is 0.419 e. The van der Waals surface area contributed by atoms with Crippen LogP contribution in [0.4, 0.5) is 27.6 Å². The van der Waals surface area contributed by atoms with E-state index in [0.29, 0.717) is 45.1 Å². The number of alkyl halides is 5. The summed E-state index contributed by atoms with van der Waals surface area (Å²) in [6, 6.07) is 2.01. The summed E-state index contributed by atoms with van der Waals surface area (Å²) in [5, 5.41) is 11.8. The molecule has 13 heteroatoms. The van der Waals surface area contributed by atoms with Crippen LogP contribution in [0.15, 0.2) is 12.3 Å². The number of nitriles is 1. The van der Waals surface area contributed by atoms with E-state index in [1.807, 2.05) is 0 Å². The Morgan fingerprint density at radius 1 is 1.24 bits per heavy atom. The number of aromatic nitrogens is 1. The summed E-state index contributed by atoms with van der Waals surface area (Å²) in [6.07, 6.45) is -0.625. The van der Waals surface area contributed by atoms with Crippen LogP contribution in [0.2, 0.25) is 0 Å². The zero-order valence-corrected chi connectivity index (χ0v) is 22.0. The minimum absolute atomic E-state index is 0.0807. The molecule has 0 aromatic carbocycles. The number of amides is 1. The van der Waals surface area contributed by atoms with Gasteiger partial charge in [-0.25, -0.2) is 13.8 Å². The molecule has 3 heterocycles. The summed E-state index contributed by atoms with van der Waals surface area (Å²) in [5.41, 5.74) is -3.27. The normalized spacial score (nSPS) is 27.5. The second-order valence-corrected chi connectivity index (χ2v) is 10.9. The van der Waals surface area contributed by atoms with Gasteiger partial charge >= 0.3 is 6.18 Å². The second kappa shape index (κ2) is 10.6. The van der Waals surface area contributed by atoms with Crippen molar-refractivity contribution in [3.05, 3.63) is 23.5 Å². The maximum atomic E-state index is 14.0. The molecule has 0 spiro atoms. The van der Waals surface area contributed by atoms with Gasteiger partial charge in [0.2, 0.25) is 0 Å². The van der Waals surface area contributed by atoms with Gasteiger partial charge < -0.3 is 15.0 Å². The van der Waals surface area contributed by atoms with Crippen LogP contribution in [0.25, 0.3) is 0 Å². The third-order valence-electron chi connectivity index (χ3n) is 7.73. The molecular formula is C25H30F5N5O2S. The summed E-state index contributed by atoms with van der Waals surface area (Å²) < 4.78 is 74.5. The Bertz CT molecular complexity index is 1110. The number of piperidine rings is 1. The van der Waals surface area contributed by atoms with Gasteiger partial charge in [-0.2, -0.15) is 18.4 Å². The highest BCUT2D eigenvalue weighted by Gasteiger charge is 2.53. The molecule has 2 saturated heterocycles. The molecule has 208 valence electrons. The van der Waals surface area contributed by atoms with Gasteiger partial charge in [-0.3, -0.25) is 9.69 Å². The maximum Gasteiger partial charge on any atom is 0.419 e. The monoisotopic (exact) mass is 559 g/mol. The predicted molar refractivity (Wildman–Crippen MR) is 132 cm³/mol. The standard InChI is InChI=1S/C25H30F5N5O2S/c1-23(2)21(36)34(17-11-19(25(28,29)30)20(12-31)33-13-17)22(38)35(23)16-3-5-18(6-4-16)37-10-8-15-7-9-32-14-24(15,26)27/h11,13,15-16,18,32H,3-10,14H2,1-2H3. The molecule has 38 heavy (non-hydrogen) atoms. The van der Waals surface area contributed by atoms with Gasteiger partial charge in [0.15, 0.2) is 10.8 Å². The van der Waals surface area contributed by atoms with Gasteiger partial charge in [-0.15, -0.1) is 0 Å². The van der Waals surface area contributed by atoms with E-state index in [4.69, 9.17) is 22.2 Å². The van der Waals surface area contributed by atoms with Crippen LogP contribution in [0.1, 0.15) is 63.6 Å². The molecule has 0 bridgehead atoms. The van der Waals surface area contributed by atoms with Gasteiger partial charge in [0.1, 0.15) is 11.6 Å². The lowest BCUT2D eigenvalue weighted by Crippen LogP contribution is -2.51. The highest BCUT2D eigenvalue weighted by atomic mass is 32.1. The SMILES string of the molecule is CC1(C)C(=O)N(c2cnc(C#N)c(C(F)(F)F)c2)C(=S)N1C1CCC(OCCC2CCNCC2(F)F)CC1. The van der Waals surface area contributed by atoms with Gasteiger partial charge in [-0.1, -0.05) is 0 Å². The summed E-state index contributed by atoms with van der Waals surface area (Å²) >= 11 is 5.59. The highest BCUT2D eigenvalue weighted by molar-refractivity contribution is 7.80. The number of anilines is 1. The second-order valence-electron chi connectivity index (χ2n) is 10.6. The third kappa shape index (κ3) is 5.49. The Morgan fingerprint density at radius 3 is 2.53 bits per heavy atom. The van der Waals surface area contributed by atoms with E-state index in [2.05, 4.69) is 10.3 Å². The van der Waals surface area contributed by atoms with E-state index in [1.165, 1.54) is 6.07 Å². The average Bonchev–Trinajstić information content (AvgIpc) is 3.03. The number of hydrogen-bond donors (Lipinski definition) is 1. The minimum Gasteiger partial charge on any atom is -0.378 e. The predicted octanol–water partition coefficient (Wildman–Crippen LogP) is 4.65. The van der Waals surface area contributed by atoms with Crippen molar-refractivity contribution in [2.45, 2.75) is 82.2 Å². The van der Waals surface area contributed by atoms with Crippen LogP contribution < -0.4 is 10.2 Å². The number of nitrogens with one attached hydrogen (secondary N) is 1. The van der Waals surface area contributed by atoms with Gasteiger partial charge in [0, 0.05) is 18.6 Å². The molecule has 1 amide bonds. The Morgan fingerprint density at radius 2 is 1.92 bits per heavy atom. The lowest BCUT2D eigenvalue weighted by Gasteiger charge is -2.41. The van der Waals surface area contributed by atoms with Crippen molar-refractivity contribution in [3.8, 4) is 6.07 Å². The fourth-order valence-electron chi connectivity index (χ4n) is 5.62. The number of hydrogen-bond acceptors (Lipinski definition) is 6. The maximum absolute atomic E-state index is 14.0. The number of thiocarbonyl (C=S) groups is 1. The number of pyridine rings is 1. The molecule has 1 unspecified atom stereocenters. The van der Waals surface area contributed by atoms with Crippen molar-refractivity contribution >= 4 is 28.9 Å². The zero-order valence-electron chi connectivity index (χ0n) is 21.2. The Kier molecular flexibility index (Phi) is 7.99. The first-order valence-corrected chi connectivity index (χ1v) is 13.0. The van der Waals surface area contributed by atoms with Crippen molar-refractivity contribution in [1.29, 1.82) is 5.26 Å². The number of ether oxygens (including phenoxy) is 1. The van der Waals surface area contributed by atoms with Crippen molar-refractivity contribution in [2.75, 3.05) is 24.6 Å². The summed E-state index contributed by atoms with van der Waals surface area (Å²) in [5.74, 6) is -3.92. The lowest BCUT2D eigenvalue weighted by molar-refractivity contribution is -0.138. The third-order valence-corrected chi connectivity index (χ3v) is 8.10. The van der Waals surface area contributed by atoms with Gasteiger partial charge in [0.25, 0.3) is 11.8 Å². The number of carbonyl (C=O) groups is 1. The molecule has 1 N–H and O–H groups in total. The highest BCUT2D eigenvalue weighted by Crippen LogP contribution is 2.40. The smallest absolute Gasteiger partial charge is 0.378 e. The molecule has 1 saturated carbocycles. The van der Waals surface area contributed by atoms with E-state index in [1.54, 1.807) is 18.7 Å². The number of halogens is 5. The van der Waals surface area contributed by atoms with Crippen LogP contribution in [0.3, 0.4) is 0 Å². The molecular weight excluding hydrogens is 529 g/mol. The number of carbonyl (C=O) groups excluding carboxylic acids is 1. The Hall–Kier alpha value is -2.43. The quantitative estimate of drug-likeness (QED) is 0.402. The molecule has 3 fully saturated rings. The number of rotatable bonds is 6. The molecule has 7 nitrogen and oxygen atoms in total. The molecule has 1 aromatic rings. The van der Waals surface area contributed by atoms with Crippen molar-refractivity contribution < 1.29 is 31.5 Å². The zero-order chi connectivity index (χ0) is 27.9. The van der Waals surface area contributed by atoms with E-state index < -0.39 is 40.7 Å². The topological polar surface area (TPSA) is 81.5 Å². The van der Waals surface area contributed by atoms with Crippen molar-refractivity contribution in [3.63, 3.8) is 0 Å². The molecule has 0 radical (unpaired) electrons. The molecule has 3 aliphatic rings. The van der Waals surface area contributed by atoms with Crippen LogP contribution in [-0.4, -0.2) is 64.2 Å². The number of nitrogens with zero attached hydrogens (tertiary/aromatic N) is 4. The Labute approximate surface area is 223 Å². The first kappa shape index (κ1) is 28.6. The van der Waals surface area contributed by atoms with Gasteiger partial charge in [0.05, 0.1) is 30.1 Å². The fourth-order valence-corrected chi connectivity index (χ4v) is 6.19. The van der Waals surface area contributed by atoms with Crippen LogP contribution in [0, 0.1) is 17.2 Å². The fraction of sp³-hybridized carbons (Fsp3) is 0.680. The van der Waals surface area contributed by atoms with E-state index in [9.17, 15) is 26.7 Å². The average molecular weight is 560 g/mol. The van der Waals surface area contributed by atoms with Crippen LogP contribution in [0.5, 0.6) is 0 Å². The van der Waals surface area contributed by atoms with Crippen molar-refractivity contribution in [2.24, 2.45) is 5.92 Å². The lowest BCUT2D eigenvalue weighted by atomic mass is 9.89. The van der Waals surface area contributed by atoms with E-state index in [-0.39, 0.29) is 36.1 Å². The molecule has 1 atom stereocenters. The van der Waals surface area contributed by atoms with E-state index in [0.717, 1.165) is 17.2 Å². The molecule has 1 aliphatic carbocycles. The Balaban J connectivity index is 1.41. The van der Waals surface area contributed by atoms with E-state index >= 15 is 0 Å².